The van der Waals surface area contributed by atoms with Gasteiger partial charge in [-0.1, -0.05) is 29.8 Å². The summed E-state index contributed by atoms with van der Waals surface area (Å²) < 4.78 is 5.57. The molecule has 0 aromatic heterocycles. The molecular weight excluding hydrogens is 342 g/mol. The quantitative estimate of drug-likeness (QED) is 0.670. The summed E-state index contributed by atoms with van der Waals surface area (Å²) in [6.07, 6.45) is 1.64. The van der Waals surface area contributed by atoms with Crippen molar-refractivity contribution in [1.29, 1.82) is 0 Å². The first-order chi connectivity index (χ1) is 12.1. The van der Waals surface area contributed by atoms with E-state index in [-0.39, 0.29) is 17.9 Å². The zero-order valence-electron chi connectivity index (χ0n) is 13.7. The average molecular weight is 362 g/mol. The standard InChI is InChI=1S/C19H20ClNO4/c20-15-7-9-16(10-8-15)25-12-4-3-11-21-18(22)13-14-5-1-2-6-17(14)19(23)24/h1-2,5-10H,3-4,11-13H2,(H,21,22)(H,23,24). The third-order valence-electron chi connectivity index (χ3n) is 3.57. The number of carboxylic acid groups (broad SMARTS) is 1. The number of rotatable bonds is 9. The van der Waals surface area contributed by atoms with Crippen LogP contribution in [0.15, 0.2) is 48.5 Å². The van der Waals surface area contributed by atoms with Crippen LogP contribution in [0.5, 0.6) is 5.75 Å². The largest absolute Gasteiger partial charge is 0.494 e. The number of carboxylic acids is 1. The average Bonchev–Trinajstić information content (AvgIpc) is 2.60. The number of unbranched alkanes of at least 4 members (excludes halogenated alkanes) is 1. The van der Waals surface area contributed by atoms with Gasteiger partial charge in [0.05, 0.1) is 18.6 Å². The third kappa shape index (κ3) is 6.47. The number of ether oxygens (including phenoxy) is 1. The van der Waals surface area contributed by atoms with Gasteiger partial charge in [-0.15, -0.1) is 0 Å². The van der Waals surface area contributed by atoms with Crippen LogP contribution in [-0.2, 0) is 11.2 Å². The van der Waals surface area contributed by atoms with Crippen LogP contribution in [0.25, 0.3) is 0 Å². The maximum absolute atomic E-state index is 11.9. The van der Waals surface area contributed by atoms with Gasteiger partial charge in [0.25, 0.3) is 0 Å². The van der Waals surface area contributed by atoms with E-state index in [0.717, 1.165) is 18.6 Å². The van der Waals surface area contributed by atoms with Crippen molar-refractivity contribution >= 4 is 23.5 Å². The summed E-state index contributed by atoms with van der Waals surface area (Å²) in [6, 6.07) is 13.7. The van der Waals surface area contributed by atoms with E-state index in [1.165, 1.54) is 6.07 Å². The minimum atomic E-state index is -1.03. The Morgan fingerprint density at radius 2 is 1.76 bits per heavy atom. The highest BCUT2D eigenvalue weighted by Gasteiger charge is 2.11. The number of benzene rings is 2. The van der Waals surface area contributed by atoms with Crippen molar-refractivity contribution < 1.29 is 19.4 Å². The molecule has 0 aliphatic rings. The number of nitrogens with one attached hydrogen (secondary N) is 1. The van der Waals surface area contributed by atoms with Gasteiger partial charge in [-0.3, -0.25) is 4.79 Å². The van der Waals surface area contributed by atoms with E-state index < -0.39 is 5.97 Å². The van der Waals surface area contributed by atoms with Crippen molar-refractivity contribution in [2.24, 2.45) is 0 Å². The van der Waals surface area contributed by atoms with E-state index in [1.807, 2.05) is 12.1 Å². The summed E-state index contributed by atoms with van der Waals surface area (Å²) in [4.78, 5) is 23.0. The number of carbonyl (C=O) groups is 2. The van der Waals surface area contributed by atoms with Gasteiger partial charge in [-0.2, -0.15) is 0 Å². The fourth-order valence-electron chi connectivity index (χ4n) is 2.29. The van der Waals surface area contributed by atoms with E-state index >= 15 is 0 Å². The minimum absolute atomic E-state index is 0.0593. The maximum atomic E-state index is 11.9. The smallest absolute Gasteiger partial charge is 0.335 e. The Kier molecular flexibility index (Phi) is 7.29. The van der Waals surface area contributed by atoms with E-state index in [0.29, 0.717) is 23.7 Å². The molecule has 5 nitrogen and oxygen atoms in total. The van der Waals surface area contributed by atoms with E-state index in [2.05, 4.69) is 5.32 Å². The Balaban J connectivity index is 1.64. The first kappa shape index (κ1) is 18.8. The summed E-state index contributed by atoms with van der Waals surface area (Å²) in [7, 11) is 0. The minimum Gasteiger partial charge on any atom is -0.494 e. The summed E-state index contributed by atoms with van der Waals surface area (Å²) >= 11 is 5.80. The summed E-state index contributed by atoms with van der Waals surface area (Å²) in [5.74, 6) is -0.450. The van der Waals surface area contributed by atoms with Crippen LogP contribution in [0.1, 0.15) is 28.8 Å². The molecule has 0 aliphatic carbocycles. The lowest BCUT2D eigenvalue weighted by molar-refractivity contribution is -0.120. The van der Waals surface area contributed by atoms with Crippen LogP contribution >= 0.6 is 11.6 Å². The lowest BCUT2D eigenvalue weighted by Gasteiger charge is -2.08. The number of amides is 1. The van der Waals surface area contributed by atoms with Crippen molar-refractivity contribution in [3.8, 4) is 5.75 Å². The zero-order chi connectivity index (χ0) is 18.1. The second-order valence-corrected chi connectivity index (χ2v) is 5.93. The first-order valence-electron chi connectivity index (χ1n) is 8.02. The molecule has 0 fully saturated rings. The highest BCUT2D eigenvalue weighted by molar-refractivity contribution is 6.30. The van der Waals surface area contributed by atoms with Crippen LogP contribution in [-0.4, -0.2) is 30.1 Å². The Hall–Kier alpha value is -2.53. The second-order valence-electron chi connectivity index (χ2n) is 5.50. The first-order valence-corrected chi connectivity index (χ1v) is 8.40. The van der Waals surface area contributed by atoms with Gasteiger partial charge in [-0.05, 0) is 48.7 Å². The van der Waals surface area contributed by atoms with Crippen LogP contribution in [0, 0.1) is 0 Å². The molecule has 0 radical (unpaired) electrons. The molecule has 0 spiro atoms. The highest BCUT2D eigenvalue weighted by atomic mass is 35.5. The van der Waals surface area contributed by atoms with Crippen LogP contribution < -0.4 is 10.1 Å². The van der Waals surface area contributed by atoms with Gasteiger partial charge in [-0.25, -0.2) is 4.79 Å². The molecule has 0 saturated heterocycles. The molecule has 1 amide bonds. The topological polar surface area (TPSA) is 75.6 Å². The van der Waals surface area contributed by atoms with Crippen molar-refractivity contribution in [3.05, 3.63) is 64.7 Å². The molecule has 0 atom stereocenters. The molecule has 2 aromatic carbocycles. The monoisotopic (exact) mass is 361 g/mol. The Morgan fingerprint density at radius 1 is 1.04 bits per heavy atom. The zero-order valence-corrected chi connectivity index (χ0v) is 14.5. The lowest BCUT2D eigenvalue weighted by Crippen LogP contribution is -2.27. The Bertz CT molecular complexity index is 716. The summed E-state index contributed by atoms with van der Waals surface area (Å²) in [5, 5.41) is 12.6. The van der Waals surface area contributed by atoms with Crippen LogP contribution in [0.3, 0.4) is 0 Å². The van der Waals surface area contributed by atoms with Crippen molar-refractivity contribution in [2.45, 2.75) is 19.3 Å². The molecule has 25 heavy (non-hydrogen) atoms. The van der Waals surface area contributed by atoms with Crippen molar-refractivity contribution in [2.75, 3.05) is 13.2 Å². The Morgan fingerprint density at radius 3 is 2.48 bits per heavy atom. The number of hydrogen-bond acceptors (Lipinski definition) is 3. The molecule has 0 aliphatic heterocycles. The number of carbonyl (C=O) groups excluding carboxylic acids is 1. The molecule has 0 heterocycles. The lowest BCUT2D eigenvalue weighted by atomic mass is 10.0. The predicted molar refractivity (Wildman–Crippen MR) is 96.3 cm³/mol. The molecule has 0 saturated carbocycles. The molecular formula is C19H20ClNO4. The molecule has 0 unspecified atom stereocenters. The van der Waals surface area contributed by atoms with Crippen molar-refractivity contribution in [1.82, 2.24) is 5.32 Å². The van der Waals surface area contributed by atoms with E-state index in [4.69, 9.17) is 21.4 Å². The van der Waals surface area contributed by atoms with E-state index in [9.17, 15) is 9.59 Å². The van der Waals surface area contributed by atoms with Crippen LogP contribution in [0.2, 0.25) is 5.02 Å². The Labute approximate surface area is 151 Å². The molecule has 2 rings (SSSR count). The highest BCUT2D eigenvalue weighted by Crippen LogP contribution is 2.15. The van der Waals surface area contributed by atoms with E-state index in [1.54, 1.807) is 30.3 Å². The van der Waals surface area contributed by atoms with Gasteiger partial charge in [0, 0.05) is 11.6 Å². The molecule has 2 N–H and O–H groups in total. The van der Waals surface area contributed by atoms with Gasteiger partial charge in [0.1, 0.15) is 5.75 Å². The fourth-order valence-corrected chi connectivity index (χ4v) is 2.42. The fraction of sp³-hybridized carbons (Fsp3) is 0.263. The SMILES string of the molecule is O=C(Cc1ccccc1C(=O)O)NCCCCOc1ccc(Cl)cc1. The van der Waals surface area contributed by atoms with Gasteiger partial charge < -0.3 is 15.2 Å². The third-order valence-corrected chi connectivity index (χ3v) is 3.83. The predicted octanol–water partition coefficient (Wildman–Crippen LogP) is 3.56. The number of halogens is 1. The molecule has 6 heteroatoms. The van der Waals surface area contributed by atoms with Crippen molar-refractivity contribution in [3.63, 3.8) is 0 Å². The molecule has 2 aromatic rings. The maximum Gasteiger partial charge on any atom is 0.335 e. The summed E-state index contributed by atoms with van der Waals surface area (Å²) in [6.45, 7) is 1.08. The normalized spacial score (nSPS) is 10.3. The van der Waals surface area contributed by atoms with Crippen LogP contribution in [0.4, 0.5) is 0 Å². The second kappa shape index (κ2) is 9.69. The molecule has 132 valence electrons. The van der Waals surface area contributed by atoms with Gasteiger partial charge in [0.2, 0.25) is 5.91 Å². The molecule has 0 bridgehead atoms. The number of aromatic carboxylic acids is 1. The van der Waals surface area contributed by atoms with Gasteiger partial charge in [0.15, 0.2) is 0 Å². The summed E-state index contributed by atoms with van der Waals surface area (Å²) in [5.41, 5.74) is 0.674. The van der Waals surface area contributed by atoms with Gasteiger partial charge >= 0.3 is 5.97 Å². The number of hydrogen-bond donors (Lipinski definition) is 2.